The van der Waals surface area contributed by atoms with Gasteiger partial charge >= 0.3 is 11.9 Å². The maximum atomic E-state index is 12.5. The quantitative estimate of drug-likeness (QED) is 0.427. The molecular weight excluding hydrogens is 332 g/mol. The van der Waals surface area contributed by atoms with Crippen LogP contribution in [0.3, 0.4) is 0 Å². The zero-order valence-electron chi connectivity index (χ0n) is 14.7. The second-order valence-electron chi connectivity index (χ2n) is 7.27. The van der Waals surface area contributed by atoms with Crippen molar-refractivity contribution in [1.82, 2.24) is 0 Å². The molecule has 0 heterocycles. The van der Waals surface area contributed by atoms with Crippen LogP contribution in [0.15, 0.2) is 0 Å². The number of aliphatic carboxylic acids is 1. The Morgan fingerprint density at radius 3 is 2.42 bits per heavy atom. The van der Waals surface area contributed by atoms with E-state index in [1.54, 1.807) is 0 Å². The first-order valence-electron chi connectivity index (χ1n) is 7.96. The molecule has 1 aliphatic rings. The molecule has 0 amide bonds. The molecular formula is C16H28N2O5S. The minimum atomic E-state index is -1.94. The second-order valence-corrected chi connectivity index (χ2v) is 8.40. The van der Waals surface area contributed by atoms with Crippen molar-refractivity contribution in [3.8, 4) is 0 Å². The van der Waals surface area contributed by atoms with E-state index >= 15 is 0 Å². The summed E-state index contributed by atoms with van der Waals surface area (Å²) in [5, 5.41) is 9.05. The minimum absolute atomic E-state index is 0.0181. The maximum Gasteiger partial charge on any atom is 0.334 e. The minimum Gasteiger partial charge on any atom is -0.481 e. The molecule has 1 saturated carbocycles. The number of ketones is 1. The van der Waals surface area contributed by atoms with Crippen LogP contribution in [0, 0.1) is 11.3 Å². The van der Waals surface area contributed by atoms with Gasteiger partial charge in [0.15, 0.2) is 11.3 Å². The van der Waals surface area contributed by atoms with E-state index < -0.39 is 35.7 Å². The molecule has 1 aliphatic carbocycles. The van der Waals surface area contributed by atoms with Crippen LogP contribution in [0.5, 0.6) is 0 Å². The van der Waals surface area contributed by atoms with E-state index in [4.69, 9.17) is 16.6 Å². The van der Waals surface area contributed by atoms with E-state index in [2.05, 4.69) is 25.5 Å². The first-order valence-corrected chi connectivity index (χ1v) is 9.01. The summed E-state index contributed by atoms with van der Waals surface area (Å²) in [6.07, 6.45) is 1.56. The third-order valence-corrected chi connectivity index (χ3v) is 6.83. The molecule has 0 aromatic rings. The molecule has 0 radical (unpaired) electrons. The Labute approximate surface area is 146 Å². The number of nitrogens with two attached hydrogens (primary N) is 2. The van der Waals surface area contributed by atoms with Crippen LogP contribution >= 0.6 is 11.8 Å². The summed E-state index contributed by atoms with van der Waals surface area (Å²) in [5.41, 5.74) is 9.84. The fourth-order valence-electron chi connectivity index (χ4n) is 3.30. The molecule has 8 heteroatoms. The molecule has 5 N–H and O–H groups in total. The Hall–Kier alpha value is -1.12. The fraction of sp³-hybridized carbons (Fsp3) is 0.812. The largest absolute Gasteiger partial charge is 0.481 e. The van der Waals surface area contributed by atoms with Crippen molar-refractivity contribution in [2.45, 2.75) is 56.9 Å². The van der Waals surface area contributed by atoms with Crippen molar-refractivity contribution < 1.29 is 24.2 Å². The van der Waals surface area contributed by atoms with Crippen molar-refractivity contribution in [1.29, 1.82) is 0 Å². The predicted octanol–water partition coefficient (Wildman–Crippen LogP) is 0.786. The summed E-state index contributed by atoms with van der Waals surface area (Å²) in [6, 6.07) is -1.35. The molecule has 24 heavy (non-hydrogen) atoms. The van der Waals surface area contributed by atoms with Crippen LogP contribution in [0.2, 0.25) is 0 Å². The SMILES string of the molecule is COC(=O)[C@@](N)(CSC1C(C)CCC1(C)C)C(=O)[C@@H](N)CC(=O)O. The topological polar surface area (TPSA) is 133 Å². The van der Waals surface area contributed by atoms with Crippen LogP contribution in [0.1, 0.15) is 40.0 Å². The van der Waals surface area contributed by atoms with E-state index in [0.717, 1.165) is 20.0 Å². The Kier molecular flexibility index (Phi) is 6.84. The van der Waals surface area contributed by atoms with Crippen molar-refractivity contribution >= 4 is 29.5 Å². The van der Waals surface area contributed by atoms with Gasteiger partial charge in [-0.05, 0) is 24.2 Å². The Balaban J connectivity index is 2.94. The molecule has 0 saturated heterocycles. The zero-order valence-corrected chi connectivity index (χ0v) is 15.5. The lowest BCUT2D eigenvalue weighted by molar-refractivity contribution is -0.151. The molecule has 0 aromatic carbocycles. The van der Waals surface area contributed by atoms with E-state index in [9.17, 15) is 14.4 Å². The molecule has 4 atom stereocenters. The Morgan fingerprint density at radius 1 is 1.42 bits per heavy atom. The van der Waals surface area contributed by atoms with Crippen LogP contribution in [-0.2, 0) is 19.1 Å². The number of rotatable bonds is 8. The standard InChI is InChI=1S/C16H28N2O5S/c1-9-5-6-15(2,3)13(9)24-8-16(18,14(22)23-4)12(21)10(17)7-11(19)20/h9-10,13H,5-8,17-18H2,1-4H3,(H,19,20)/t9?,10-,13?,16+/m0/s1. The average molecular weight is 360 g/mol. The first kappa shape index (κ1) is 20.9. The molecule has 0 bridgehead atoms. The van der Waals surface area contributed by atoms with Crippen molar-refractivity contribution in [2.75, 3.05) is 12.9 Å². The van der Waals surface area contributed by atoms with Gasteiger partial charge in [-0.3, -0.25) is 9.59 Å². The van der Waals surface area contributed by atoms with Gasteiger partial charge in [0, 0.05) is 11.0 Å². The maximum absolute atomic E-state index is 12.5. The lowest BCUT2D eigenvalue weighted by Gasteiger charge is -2.33. The monoisotopic (exact) mass is 360 g/mol. The van der Waals surface area contributed by atoms with Gasteiger partial charge in [0.2, 0.25) is 0 Å². The highest BCUT2D eigenvalue weighted by Gasteiger charge is 2.48. The van der Waals surface area contributed by atoms with Crippen molar-refractivity contribution in [3.05, 3.63) is 0 Å². The zero-order chi connectivity index (χ0) is 18.7. The van der Waals surface area contributed by atoms with Gasteiger partial charge in [-0.15, -0.1) is 0 Å². The number of carbonyl (C=O) groups excluding carboxylic acids is 2. The summed E-state index contributed by atoms with van der Waals surface area (Å²) in [4.78, 5) is 35.4. The van der Waals surface area contributed by atoms with Crippen molar-refractivity contribution in [3.63, 3.8) is 0 Å². The van der Waals surface area contributed by atoms with Gasteiger partial charge in [0.1, 0.15) is 0 Å². The highest BCUT2D eigenvalue weighted by Crippen LogP contribution is 2.48. The molecule has 1 rings (SSSR count). The van der Waals surface area contributed by atoms with Gasteiger partial charge < -0.3 is 21.3 Å². The fourth-order valence-corrected chi connectivity index (χ4v) is 5.04. The molecule has 0 aromatic heterocycles. The van der Waals surface area contributed by atoms with Crippen molar-refractivity contribution in [2.24, 2.45) is 22.8 Å². The smallest absolute Gasteiger partial charge is 0.334 e. The van der Waals surface area contributed by atoms with Crippen LogP contribution in [0.25, 0.3) is 0 Å². The van der Waals surface area contributed by atoms with Gasteiger partial charge in [0.25, 0.3) is 0 Å². The Bertz CT molecular complexity index is 511. The van der Waals surface area contributed by atoms with Gasteiger partial charge in [-0.2, -0.15) is 11.8 Å². The number of carboxylic acid groups (broad SMARTS) is 1. The average Bonchev–Trinajstić information content (AvgIpc) is 2.75. The number of hydrogen-bond acceptors (Lipinski definition) is 7. The summed E-state index contributed by atoms with van der Waals surface area (Å²) in [5.74, 6) is -2.45. The highest BCUT2D eigenvalue weighted by atomic mass is 32.2. The normalized spacial score (nSPS) is 26.4. The lowest BCUT2D eigenvalue weighted by atomic mass is 9.90. The van der Waals surface area contributed by atoms with E-state index in [0.29, 0.717) is 5.92 Å². The van der Waals surface area contributed by atoms with Gasteiger partial charge in [-0.25, -0.2) is 4.79 Å². The summed E-state index contributed by atoms with van der Waals surface area (Å²) in [7, 11) is 1.15. The van der Waals surface area contributed by atoms with Crippen LogP contribution < -0.4 is 11.5 Å². The molecule has 0 spiro atoms. The molecule has 0 aliphatic heterocycles. The summed E-state index contributed by atoms with van der Waals surface area (Å²) >= 11 is 1.46. The number of ether oxygens (including phenoxy) is 1. The predicted molar refractivity (Wildman–Crippen MR) is 92.6 cm³/mol. The number of Topliss-reactive ketones (excluding diaryl/α,β-unsaturated/α-hetero) is 1. The van der Waals surface area contributed by atoms with E-state index in [1.807, 2.05) is 0 Å². The number of thioether (sulfide) groups is 1. The lowest BCUT2D eigenvalue weighted by Crippen LogP contribution is -2.63. The Morgan fingerprint density at radius 2 is 2.00 bits per heavy atom. The third kappa shape index (κ3) is 4.49. The molecule has 2 unspecified atom stereocenters. The third-order valence-electron chi connectivity index (χ3n) is 4.74. The highest BCUT2D eigenvalue weighted by molar-refractivity contribution is 8.00. The first-order chi connectivity index (χ1) is 11.0. The van der Waals surface area contributed by atoms with E-state index in [-0.39, 0.29) is 16.4 Å². The molecule has 7 nitrogen and oxygen atoms in total. The number of hydrogen-bond donors (Lipinski definition) is 3. The molecule has 1 fully saturated rings. The van der Waals surface area contributed by atoms with Crippen LogP contribution in [-0.4, -0.2) is 52.5 Å². The second kappa shape index (κ2) is 7.84. The van der Waals surface area contributed by atoms with Gasteiger partial charge in [-0.1, -0.05) is 20.8 Å². The number of methoxy groups -OCH3 is 1. The number of carbonyl (C=O) groups is 3. The number of carboxylic acids is 1. The molecule has 138 valence electrons. The number of esters is 1. The summed E-state index contributed by atoms with van der Waals surface area (Å²) in [6.45, 7) is 6.45. The summed E-state index contributed by atoms with van der Waals surface area (Å²) < 4.78 is 4.68. The van der Waals surface area contributed by atoms with Crippen LogP contribution in [0.4, 0.5) is 0 Å². The van der Waals surface area contributed by atoms with Gasteiger partial charge in [0.05, 0.1) is 19.6 Å². The van der Waals surface area contributed by atoms with E-state index in [1.165, 1.54) is 11.8 Å².